The Morgan fingerprint density at radius 2 is 1.48 bits per heavy atom. The van der Waals surface area contributed by atoms with E-state index in [2.05, 4.69) is 61.5 Å². The number of fused-ring (bicyclic) bond motifs is 7. The highest BCUT2D eigenvalue weighted by Gasteiger charge is 2.67. The number of allylic oxidation sites excluding steroid dienone is 2. The molecular weight excluding hydrogens is 376 g/mol. The first-order chi connectivity index (χ1) is 14.2. The van der Waals surface area contributed by atoms with Gasteiger partial charge in [0, 0.05) is 11.8 Å². The largest absolute Gasteiger partial charge is 0.299 e. The smallest absolute Gasteiger partial charge is 0.138 e. The predicted octanol–water partition coefficient (Wildman–Crippen LogP) is 8.38. The molecule has 0 heterocycles. The summed E-state index contributed by atoms with van der Waals surface area (Å²) in [6, 6.07) is 0. The molecule has 7 atom stereocenters. The van der Waals surface area contributed by atoms with Crippen molar-refractivity contribution in [3.8, 4) is 0 Å². The molecule has 1 heteroatoms. The third-order valence-corrected chi connectivity index (χ3v) is 12.8. The van der Waals surface area contributed by atoms with Crippen LogP contribution in [-0.2, 0) is 4.79 Å². The van der Waals surface area contributed by atoms with Crippen molar-refractivity contribution in [2.75, 3.05) is 0 Å². The molecular formula is C30H48O. The molecule has 5 aliphatic rings. The molecule has 0 aromatic carbocycles. The van der Waals surface area contributed by atoms with E-state index in [1.807, 2.05) is 5.57 Å². The number of carbonyl (C=O) groups excluding carboxylic acids is 1. The van der Waals surface area contributed by atoms with Gasteiger partial charge in [-0.25, -0.2) is 0 Å². The molecule has 0 bridgehead atoms. The molecule has 0 aliphatic heterocycles. The van der Waals surface area contributed by atoms with Gasteiger partial charge in [0.05, 0.1) is 0 Å². The van der Waals surface area contributed by atoms with Gasteiger partial charge in [-0.2, -0.15) is 0 Å². The SMILES string of the molecule is CC1(C)CC[C@]2(C)CC[C@]3(C)C4=CC[C@H]5C(C)(C)C(=O)CC[C@]5(C)[C@H]4CC[C@@]3(C)[C@H]2C1. The number of hydrogen-bond donors (Lipinski definition) is 0. The minimum absolute atomic E-state index is 0.158. The van der Waals surface area contributed by atoms with E-state index >= 15 is 0 Å². The van der Waals surface area contributed by atoms with Gasteiger partial charge in [-0.3, -0.25) is 4.79 Å². The van der Waals surface area contributed by atoms with Gasteiger partial charge in [0.1, 0.15) is 5.78 Å². The Morgan fingerprint density at radius 3 is 2.19 bits per heavy atom. The highest BCUT2D eigenvalue weighted by molar-refractivity contribution is 5.85. The zero-order chi connectivity index (χ0) is 22.7. The molecule has 4 fully saturated rings. The molecule has 0 amide bonds. The van der Waals surface area contributed by atoms with Crippen LogP contribution in [-0.4, -0.2) is 5.78 Å². The lowest BCUT2D eigenvalue weighted by molar-refractivity contribution is -0.172. The fourth-order valence-electron chi connectivity index (χ4n) is 10.3. The molecule has 0 spiro atoms. The molecule has 0 radical (unpaired) electrons. The van der Waals surface area contributed by atoms with Crippen LogP contribution in [0.15, 0.2) is 11.6 Å². The van der Waals surface area contributed by atoms with Crippen molar-refractivity contribution in [1.29, 1.82) is 0 Å². The van der Waals surface area contributed by atoms with Crippen molar-refractivity contribution < 1.29 is 4.79 Å². The van der Waals surface area contributed by atoms with Crippen LogP contribution in [0.2, 0.25) is 0 Å². The number of hydrogen-bond acceptors (Lipinski definition) is 1. The Hall–Kier alpha value is -0.590. The number of Topliss-reactive ketones (excluding diaryl/α,β-unsaturated/α-hetero) is 1. The van der Waals surface area contributed by atoms with Crippen LogP contribution < -0.4 is 0 Å². The predicted molar refractivity (Wildman–Crippen MR) is 130 cm³/mol. The lowest BCUT2D eigenvalue weighted by Gasteiger charge is -2.70. The summed E-state index contributed by atoms with van der Waals surface area (Å²) in [4.78, 5) is 12.8. The topological polar surface area (TPSA) is 17.1 Å². The highest BCUT2D eigenvalue weighted by Crippen LogP contribution is 2.75. The fraction of sp³-hybridized carbons (Fsp3) is 0.900. The Labute approximate surface area is 192 Å². The summed E-state index contributed by atoms with van der Waals surface area (Å²) in [7, 11) is 0. The van der Waals surface area contributed by atoms with E-state index in [9.17, 15) is 4.79 Å². The van der Waals surface area contributed by atoms with Crippen molar-refractivity contribution in [2.24, 2.45) is 50.2 Å². The summed E-state index contributed by atoms with van der Waals surface area (Å²) in [5.41, 5.74) is 3.77. The van der Waals surface area contributed by atoms with E-state index in [4.69, 9.17) is 0 Å². The van der Waals surface area contributed by atoms with Crippen molar-refractivity contribution >= 4 is 5.78 Å². The van der Waals surface area contributed by atoms with Gasteiger partial charge in [0.25, 0.3) is 0 Å². The Kier molecular flexibility index (Phi) is 4.51. The zero-order valence-electron chi connectivity index (χ0n) is 21.8. The molecule has 5 aliphatic carbocycles. The van der Waals surface area contributed by atoms with Gasteiger partial charge in [0.15, 0.2) is 0 Å². The lowest BCUT2D eigenvalue weighted by atomic mass is 9.34. The number of carbonyl (C=O) groups is 1. The summed E-state index contributed by atoms with van der Waals surface area (Å²) in [6.07, 6.45) is 15.5. The van der Waals surface area contributed by atoms with Crippen LogP contribution >= 0.6 is 0 Å². The molecule has 174 valence electrons. The average molecular weight is 425 g/mol. The van der Waals surface area contributed by atoms with Gasteiger partial charge < -0.3 is 0 Å². The van der Waals surface area contributed by atoms with Gasteiger partial charge in [-0.05, 0) is 103 Å². The average Bonchev–Trinajstić information content (AvgIpc) is 2.68. The zero-order valence-corrected chi connectivity index (χ0v) is 21.8. The molecule has 1 nitrogen and oxygen atoms in total. The van der Waals surface area contributed by atoms with Gasteiger partial charge in [0.2, 0.25) is 0 Å². The van der Waals surface area contributed by atoms with E-state index < -0.39 is 0 Å². The van der Waals surface area contributed by atoms with Gasteiger partial charge >= 0.3 is 0 Å². The highest BCUT2D eigenvalue weighted by atomic mass is 16.1. The quantitative estimate of drug-likeness (QED) is 0.357. The van der Waals surface area contributed by atoms with Gasteiger partial charge in [-0.1, -0.05) is 67.0 Å². The summed E-state index contributed by atoms with van der Waals surface area (Å²) >= 11 is 0. The first-order valence-corrected chi connectivity index (χ1v) is 13.4. The van der Waals surface area contributed by atoms with Crippen molar-refractivity contribution in [1.82, 2.24) is 0 Å². The summed E-state index contributed by atoms with van der Waals surface area (Å²) in [5.74, 6) is 2.57. The maximum atomic E-state index is 12.8. The van der Waals surface area contributed by atoms with Crippen LogP contribution in [0.4, 0.5) is 0 Å². The third kappa shape index (κ3) is 2.70. The van der Waals surface area contributed by atoms with Crippen LogP contribution in [0.3, 0.4) is 0 Å². The van der Waals surface area contributed by atoms with E-state index in [-0.39, 0.29) is 5.41 Å². The molecule has 4 saturated carbocycles. The minimum Gasteiger partial charge on any atom is -0.299 e. The Bertz CT molecular complexity index is 831. The molecule has 31 heavy (non-hydrogen) atoms. The van der Waals surface area contributed by atoms with Crippen molar-refractivity contribution in [3.05, 3.63) is 11.6 Å². The first-order valence-electron chi connectivity index (χ1n) is 13.4. The standard InChI is InChI=1S/C30H48O/c1-25(2)15-16-27(5)17-18-29(7)21-9-10-22-26(3,4)24(31)12-13-28(22,6)20(21)11-14-30(29,8)23(27)19-25/h9,20,22-23H,10-19H2,1-8H3/t20-,22-,23-,27+,28+,29+,30-/m0/s1. The number of ketones is 1. The number of rotatable bonds is 0. The maximum absolute atomic E-state index is 12.8. The Balaban J connectivity index is 1.57. The minimum atomic E-state index is -0.158. The van der Waals surface area contributed by atoms with E-state index in [0.717, 1.165) is 25.2 Å². The van der Waals surface area contributed by atoms with Crippen LogP contribution in [0, 0.1) is 50.2 Å². The molecule has 0 saturated heterocycles. The van der Waals surface area contributed by atoms with Crippen LogP contribution in [0.5, 0.6) is 0 Å². The Morgan fingerprint density at radius 1 is 0.806 bits per heavy atom. The first kappa shape index (κ1) is 22.2. The van der Waals surface area contributed by atoms with E-state index in [1.165, 1.54) is 44.9 Å². The molecule has 0 unspecified atom stereocenters. The molecule has 0 aromatic rings. The second-order valence-corrected chi connectivity index (χ2v) is 15.0. The summed E-state index contributed by atoms with van der Waals surface area (Å²) in [5, 5.41) is 0. The fourth-order valence-corrected chi connectivity index (χ4v) is 10.3. The van der Waals surface area contributed by atoms with Crippen molar-refractivity contribution in [2.45, 2.75) is 120 Å². The monoisotopic (exact) mass is 424 g/mol. The summed E-state index contributed by atoms with van der Waals surface area (Å²) < 4.78 is 0. The lowest BCUT2D eigenvalue weighted by Crippen LogP contribution is -2.63. The third-order valence-electron chi connectivity index (χ3n) is 12.8. The van der Waals surface area contributed by atoms with Crippen molar-refractivity contribution in [3.63, 3.8) is 0 Å². The molecule has 0 aromatic heterocycles. The van der Waals surface area contributed by atoms with Crippen LogP contribution in [0.1, 0.15) is 120 Å². The second kappa shape index (κ2) is 6.29. The molecule has 0 N–H and O–H groups in total. The van der Waals surface area contributed by atoms with Gasteiger partial charge in [-0.15, -0.1) is 0 Å². The second-order valence-electron chi connectivity index (χ2n) is 15.0. The van der Waals surface area contributed by atoms with Crippen LogP contribution in [0.25, 0.3) is 0 Å². The maximum Gasteiger partial charge on any atom is 0.138 e. The normalized spacial score (nSPS) is 52.8. The summed E-state index contributed by atoms with van der Waals surface area (Å²) in [6.45, 7) is 20.2. The molecule has 5 rings (SSSR count). The van der Waals surface area contributed by atoms with E-state index in [0.29, 0.717) is 44.7 Å². The van der Waals surface area contributed by atoms with E-state index in [1.54, 1.807) is 0 Å².